The number of amides is 1. The molecule has 0 saturated carbocycles. The van der Waals surface area contributed by atoms with Crippen molar-refractivity contribution in [3.63, 3.8) is 0 Å². The van der Waals surface area contributed by atoms with E-state index in [2.05, 4.69) is 21.8 Å². The Bertz CT molecular complexity index is 724. The topological polar surface area (TPSA) is 75.4 Å². The number of anilines is 1. The maximum Gasteiger partial charge on any atom is 0.225 e. The van der Waals surface area contributed by atoms with Crippen molar-refractivity contribution < 1.29 is 4.79 Å². The number of carbonyl (C=O) groups is 1. The number of benzene rings is 1. The molecule has 1 aromatic carbocycles. The lowest BCUT2D eigenvalue weighted by atomic mass is 10.1. The van der Waals surface area contributed by atoms with E-state index in [0.717, 1.165) is 49.3 Å². The Morgan fingerprint density at radius 2 is 1.92 bits per heavy atom. The first-order chi connectivity index (χ1) is 11.6. The minimum absolute atomic E-state index is 0.111. The van der Waals surface area contributed by atoms with Gasteiger partial charge in [-0.25, -0.2) is 9.97 Å². The Labute approximate surface area is 142 Å². The molecule has 1 atom stereocenters. The summed E-state index contributed by atoms with van der Waals surface area (Å²) in [5.41, 5.74) is 6.93. The number of aromatic nitrogens is 2. The second-order valence-corrected chi connectivity index (χ2v) is 6.45. The van der Waals surface area contributed by atoms with Gasteiger partial charge in [0.1, 0.15) is 11.6 Å². The van der Waals surface area contributed by atoms with Crippen LogP contribution in [0.5, 0.6) is 0 Å². The molecule has 3 rings (SSSR count). The van der Waals surface area contributed by atoms with Crippen LogP contribution in [0.15, 0.2) is 24.3 Å². The monoisotopic (exact) mass is 327 g/mol. The SMILES string of the molecule is CCC(C)C(=O)N1CCN(Cc2nc(N)c3ccccc3n2)CC1. The number of carbonyl (C=O) groups excluding carboxylic acids is 1. The third kappa shape index (κ3) is 3.48. The van der Waals surface area contributed by atoms with Gasteiger partial charge in [-0.15, -0.1) is 0 Å². The first-order valence-corrected chi connectivity index (χ1v) is 8.60. The summed E-state index contributed by atoms with van der Waals surface area (Å²) in [6, 6.07) is 7.79. The van der Waals surface area contributed by atoms with Gasteiger partial charge in [0.25, 0.3) is 0 Å². The van der Waals surface area contributed by atoms with Gasteiger partial charge in [-0.3, -0.25) is 9.69 Å². The second-order valence-electron chi connectivity index (χ2n) is 6.45. The third-order valence-corrected chi connectivity index (χ3v) is 4.76. The van der Waals surface area contributed by atoms with Crippen LogP contribution in [-0.2, 0) is 11.3 Å². The summed E-state index contributed by atoms with van der Waals surface area (Å²) in [5.74, 6) is 1.65. The van der Waals surface area contributed by atoms with Crippen molar-refractivity contribution in [2.75, 3.05) is 31.9 Å². The number of nitrogen functional groups attached to an aromatic ring is 1. The summed E-state index contributed by atoms with van der Waals surface area (Å²) >= 11 is 0. The molecule has 1 fully saturated rings. The van der Waals surface area contributed by atoms with Crippen LogP contribution in [0.2, 0.25) is 0 Å². The quantitative estimate of drug-likeness (QED) is 0.928. The van der Waals surface area contributed by atoms with E-state index in [9.17, 15) is 4.79 Å². The standard InChI is InChI=1S/C18H25N5O/c1-3-13(2)18(24)23-10-8-22(9-11-23)12-16-20-15-7-5-4-6-14(15)17(19)21-16/h4-7,13H,3,8-12H2,1-2H3,(H2,19,20,21). The van der Waals surface area contributed by atoms with E-state index in [-0.39, 0.29) is 11.8 Å². The summed E-state index contributed by atoms with van der Waals surface area (Å²) in [7, 11) is 0. The van der Waals surface area contributed by atoms with Gasteiger partial charge in [-0.1, -0.05) is 26.0 Å². The van der Waals surface area contributed by atoms with Crippen molar-refractivity contribution in [3.8, 4) is 0 Å². The Morgan fingerprint density at radius 1 is 1.21 bits per heavy atom. The molecule has 0 spiro atoms. The first-order valence-electron chi connectivity index (χ1n) is 8.60. The predicted molar refractivity (Wildman–Crippen MR) is 95.3 cm³/mol. The van der Waals surface area contributed by atoms with E-state index in [4.69, 9.17) is 5.73 Å². The molecular weight excluding hydrogens is 302 g/mol. The van der Waals surface area contributed by atoms with Crippen molar-refractivity contribution in [1.82, 2.24) is 19.8 Å². The molecule has 1 aliphatic rings. The van der Waals surface area contributed by atoms with Crippen LogP contribution in [0.3, 0.4) is 0 Å². The summed E-state index contributed by atoms with van der Waals surface area (Å²) < 4.78 is 0. The molecule has 128 valence electrons. The molecule has 2 aromatic rings. The van der Waals surface area contributed by atoms with Crippen molar-refractivity contribution in [2.45, 2.75) is 26.8 Å². The van der Waals surface area contributed by atoms with Crippen LogP contribution in [0.4, 0.5) is 5.82 Å². The molecule has 1 unspecified atom stereocenters. The van der Waals surface area contributed by atoms with E-state index in [1.54, 1.807) is 0 Å². The van der Waals surface area contributed by atoms with Crippen LogP contribution >= 0.6 is 0 Å². The fourth-order valence-electron chi connectivity index (χ4n) is 3.03. The van der Waals surface area contributed by atoms with Crippen LogP contribution < -0.4 is 5.73 Å². The number of hydrogen-bond acceptors (Lipinski definition) is 5. The predicted octanol–water partition coefficient (Wildman–Crippen LogP) is 1.90. The van der Waals surface area contributed by atoms with Crippen molar-refractivity contribution in [3.05, 3.63) is 30.1 Å². The van der Waals surface area contributed by atoms with Gasteiger partial charge in [-0.2, -0.15) is 0 Å². The molecule has 1 aromatic heterocycles. The Hall–Kier alpha value is -2.21. The van der Waals surface area contributed by atoms with Crippen LogP contribution in [-0.4, -0.2) is 51.9 Å². The first kappa shape index (κ1) is 16.6. The molecule has 6 heteroatoms. The van der Waals surface area contributed by atoms with Crippen molar-refractivity contribution >= 4 is 22.6 Å². The zero-order valence-corrected chi connectivity index (χ0v) is 14.4. The summed E-state index contributed by atoms with van der Waals surface area (Å²) in [4.78, 5) is 25.6. The molecule has 2 N–H and O–H groups in total. The van der Waals surface area contributed by atoms with Gasteiger partial charge >= 0.3 is 0 Å². The average molecular weight is 327 g/mol. The summed E-state index contributed by atoms with van der Waals surface area (Å²) in [6.07, 6.45) is 0.892. The van der Waals surface area contributed by atoms with Crippen molar-refractivity contribution in [1.29, 1.82) is 0 Å². The van der Waals surface area contributed by atoms with Crippen molar-refractivity contribution in [2.24, 2.45) is 5.92 Å². The summed E-state index contributed by atoms with van der Waals surface area (Å²) in [6.45, 7) is 7.95. The maximum absolute atomic E-state index is 12.3. The smallest absolute Gasteiger partial charge is 0.225 e. The molecule has 1 aliphatic heterocycles. The lowest BCUT2D eigenvalue weighted by Gasteiger charge is -2.35. The Kier molecular flexibility index (Phi) is 4.94. The number of piperazine rings is 1. The lowest BCUT2D eigenvalue weighted by Crippen LogP contribution is -2.49. The minimum Gasteiger partial charge on any atom is -0.383 e. The molecule has 2 heterocycles. The molecule has 1 amide bonds. The molecule has 0 bridgehead atoms. The highest BCUT2D eigenvalue weighted by atomic mass is 16.2. The van der Waals surface area contributed by atoms with Gasteiger partial charge in [0, 0.05) is 37.5 Å². The number of nitrogens with two attached hydrogens (primary N) is 1. The minimum atomic E-state index is 0.111. The van der Waals surface area contributed by atoms with Crippen LogP contribution in [0.1, 0.15) is 26.1 Å². The number of fused-ring (bicyclic) bond motifs is 1. The highest BCUT2D eigenvalue weighted by Crippen LogP contribution is 2.18. The zero-order chi connectivity index (χ0) is 17.1. The highest BCUT2D eigenvalue weighted by molar-refractivity contribution is 5.87. The van der Waals surface area contributed by atoms with Gasteiger partial charge < -0.3 is 10.6 Å². The number of rotatable bonds is 4. The van der Waals surface area contributed by atoms with Gasteiger partial charge in [0.05, 0.1) is 12.1 Å². The molecule has 0 aliphatic carbocycles. The number of para-hydroxylation sites is 1. The highest BCUT2D eigenvalue weighted by Gasteiger charge is 2.24. The van der Waals surface area contributed by atoms with Crippen LogP contribution in [0, 0.1) is 5.92 Å². The largest absolute Gasteiger partial charge is 0.383 e. The van der Waals surface area contributed by atoms with Gasteiger partial charge in [0.2, 0.25) is 5.91 Å². The van der Waals surface area contributed by atoms with E-state index in [0.29, 0.717) is 12.4 Å². The second kappa shape index (κ2) is 7.13. The normalized spacial score (nSPS) is 17.2. The third-order valence-electron chi connectivity index (χ3n) is 4.76. The summed E-state index contributed by atoms with van der Waals surface area (Å²) in [5, 5.41) is 0.894. The molecule has 0 radical (unpaired) electrons. The van der Waals surface area contributed by atoms with E-state index >= 15 is 0 Å². The number of hydrogen-bond donors (Lipinski definition) is 1. The molecular formula is C18H25N5O. The van der Waals surface area contributed by atoms with Crippen LogP contribution in [0.25, 0.3) is 10.9 Å². The Morgan fingerprint density at radius 3 is 2.62 bits per heavy atom. The average Bonchev–Trinajstić information content (AvgIpc) is 2.61. The molecule has 6 nitrogen and oxygen atoms in total. The zero-order valence-electron chi connectivity index (χ0n) is 14.4. The Balaban J connectivity index is 1.63. The fraction of sp³-hybridized carbons (Fsp3) is 0.500. The number of nitrogens with zero attached hydrogens (tertiary/aromatic N) is 4. The fourth-order valence-corrected chi connectivity index (χ4v) is 3.03. The lowest BCUT2D eigenvalue weighted by molar-refractivity contribution is -0.136. The van der Waals surface area contributed by atoms with E-state index in [1.807, 2.05) is 36.1 Å². The van der Waals surface area contributed by atoms with E-state index in [1.165, 1.54) is 0 Å². The molecule has 1 saturated heterocycles. The van der Waals surface area contributed by atoms with Gasteiger partial charge in [0.15, 0.2) is 0 Å². The van der Waals surface area contributed by atoms with E-state index < -0.39 is 0 Å². The maximum atomic E-state index is 12.3. The molecule has 24 heavy (non-hydrogen) atoms. The van der Waals surface area contributed by atoms with Gasteiger partial charge in [-0.05, 0) is 18.6 Å².